The zero-order valence-corrected chi connectivity index (χ0v) is 5.93. The summed E-state index contributed by atoms with van der Waals surface area (Å²) in [5, 5.41) is 18.3. The standard InChI is InChI=1S/C6H4N4O2/c11-6(12)4-2-1-3-10-5(4)7-8-9-10/h1-3H,(H,11,12)/p+1. The first-order valence-corrected chi connectivity index (χ1v) is 3.24. The van der Waals surface area contributed by atoms with Crippen LogP contribution in [0, 0.1) is 0 Å². The summed E-state index contributed by atoms with van der Waals surface area (Å²) in [4.78, 5) is 10.6. The minimum absolute atomic E-state index is 0.131. The molecular formula is C6H5N4O2+. The molecule has 0 amide bonds. The highest BCUT2D eigenvalue weighted by molar-refractivity contribution is 5.92. The second kappa shape index (κ2) is 2.26. The van der Waals surface area contributed by atoms with E-state index in [2.05, 4.69) is 15.5 Å². The number of aromatic nitrogens is 4. The van der Waals surface area contributed by atoms with Crippen LogP contribution in [-0.4, -0.2) is 26.6 Å². The summed E-state index contributed by atoms with van der Waals surface area (Å²) in [5.41, 5.74) is 0.441. The first kappa shape index (κ1) is 6.71. The van der Waals surface area contributed by atoms with Crippen molar-refractivity contribution in [2.75, 3.05) is 0 Å². The number of hydrogen-bond donors (Lipinski definition) is 2. The second-order valence-electron chi connectivity index (χ2n) is 2.22. The van der Waals surface area contributed by atoms with Gasteiger partial charge < -0.3 is 5.11 Å². The van der Waals surface area contributed by atoms with E-state index in [1.54, 1.807) is 12.3 Å². The van der Waals surface area contributed by atoms with E-state index in [0.717, 1.165) is 0 Å². The topological polar surface area (TPSA) is 83.0 Å². The molecule has 0 atom stereocenters. The van der Waals surface area contributed by atoms with Gasteiger partial charge in [0, 0.05) is 0 Å². The van der Waals surface area contributed by atoms with Crippen molar-refractivity contribution in [1.82, 2.24) is 15.5 Å². The summed E-state index contributed by atoms with van der Waals surface area (Å²) in [5.74, 6) is -1.01. The van der Waals surface area contributed by atoms with Gasteiger partial charge in [0.15, 0.2) is 5.21 Å². The maximum atomic E-state index is 10.6. The molecule has 2 heterocycles. The van der Waals surface area contributed by atoms with Crippen LogP contribution >= 0.6 is 0 Å². The van der Waals surface area contributed by atoms with Gasteiger partial charge >= 0.3 is 11.6 Å². The number of carbonyl (C=O) groups is 1. The van der Waals surface area contributed by atoms with Crippen LogP contribution in [0.1, 0.15) is 10.4 Å². The number of nitrogens with zero attached hydrogens (tertiary/aromatic N) is 3. The number of aromatic carboxylic acids is 1. The van der Waals surface area contributed by atoms with E-state index in [1.807, 2.05) is 0 Å². The maximum absolute atomic E-state index is 10.6. The Hall–Kier alpha value is -1.98. The molecule has 0 aromatic carbocycles. The van der Waals surface area contributed by atoms with Crippen LogP contribution in [0.3, 0.4) is 0 Å². The van der Waals surface area contributed by atoms with Crippen molar-refractivity contribution in [2.24, 2.45) is 0 Å². The Morgan fingerprint density at radius 3 is 3.25 bits per heavy atom. The molecule has 0 unspecified atom stereocenters. The molecule has 60 valence electrons. The van der Waals surface area contributed by atoms with Gasteiger partial charge in [0.1, 0.15) is 10.7 Å². The molecule has 0 fully saturated rings. The van der Waals surface area contributed by atoms with Crippen LogP contribution in [0.2, 0.25) is 0 Å². The smallest absolute Gasteiger partial charge is 0.343 e. The minimum Gasteiger partial charge on any atom is -0.477 e. The highest BCUT2D eigenvalue weighted by Gasteiger charge is 2.16. The zero-order valence-electron chi connectivity index (χ0n) is 5.93. The molecule has 0 saturated carbocycles. The fourth-order valence-electron chi connectivity index (χ4n) is 0.968. The Morgan fingerprint density at radius 1 is 1.67 bits per heavy atom. The molecule has 2 aromatic heterocycles. The van der Waals surface area contributed by atoms with Gasteiger partial charge in [-0.25, -0.2) is 4.79 Å². The molecule has 6 heteroatoms. The lowest BCUT2D eigenvalue weighted by atomic mass is 10.3. The van der Waals surface area contributed by atoms with Crippen LogP contribution < -0.4 is 4.52 Å². The number of nitrogens with one attached hydrogen (secondary N) is 1. The number of hydrogen-bond acceptors (Lipinski definition) is 3. The molecule has 2 rings (SSSR count). The highest BCUT2D eigenvalue weighted by atomic mass is 16.4. The average molecular weight is 165 g/mol. The van der Waals surface area contributed by atoms with Crippen molar-refractivity contribution in [1.29, 1.82) is 0 Å². The lowest BCUT2D eigenvalue weighted by molar-refractivity contribution is -0.582. The number of carboxylic acids is 1. The van der Waals surface area contributed by atoms with Crippen LogP contribution in [0.15, 0.2) is 18.3 Å². The van der Waals surface area contributed by atoms with Gasteiger partial charge in [-0.1, -0.05) is 5.21 Å². The van der Waals surface area contributed by atoms with Crippen LogP contribution in [0.5, 0.6) is 0 Å². The van der Waals surface area contributed by atoms with Gasteiger partial charge in [-0.05, 0) is 12.1 Å². The number of H-pyrrole nitrogens is 1. The number of aromatic amines is 1. The average Bonchev–Trinajstić information content (AvgIpc) is 2.49. The Bertz CT molecular complexity index is 436. The van der Waals surface area contributed by atoms with E-state index in [-0.39, 0.29) is 5.56 Å². The van der Waals surface area contributed by atoms with Crippen molar-refractivity contribution in [3.63, 3.8) is 0 Å². The van der Waals surface area contributed by atoms with Gasteiger partial charge in [-0.2, -0.15) is 0 Å². The van der Waals surface area contributed by atoms with Gasteiger partial charge in [0.25, 0.3) is 0 Å². The van der Waals surface area contributed by atoms with E-state index >= 15 is 0 Å². The fraction of sp³-hybridized carbons (Fsp3) is 0. The highest BCUT2D eigenvalue weighted by Crippen LogP contribution is 1.99. The van der Waals surface area contributed by atoms with E-state index in [0.29, 0.717) is 5.65 Å². The molecule has 0 spiro atoms. The molecule has 0 aliphatic rings. The molecular weight excluding hydrogens is 160 g/mol. The summed E-state index contributed by atoms with van der Waals surface area (Å²) in [6.45, 7) is 0. The van der Waals surface area contributed by atoms with Crippen LogP contribution in [-0.2, 0) is 0 Å². The minimum atomic E-state index is -1.01. The molecule has 0 bridgehead atoms. The van der Waals surface area contributed by atoms with E-state index < -0.39 is 5.97 Å². The Balaban J connectivity index is 2.82. The molecule has 6 nitrogen and oxygen atoms in total. The van der Waals surface area contributed by atoms with Crippen molar-refractivity contribution < 1.29 is 14.4 Å². The van der Waals surface area contributed by atoms with Crippen molar-refractivity contribution in [3.05, 3.63) is 23.9 Å². The van der Waals surface area contributed by atoms with Gasteiger partial charge in [0.05, 0.1) is 6.20 Å². The van der Waals surface area contributed by atoms with Crippen LogP contribution in [0.25, 0.3) is 5.65 Å². The number of pyridine rings is 1. The van der Waals surface area contributed by atoms with Gasteiger partial charge in [-0.15, -0.1) is 4.52 Å². The summed E-state index contributed by atoms with van der Waals surface area (Å²) in [7, 11) is 0. The Kier molecular flexibility index (Phi) is 1.26. The quantitative estimate of drug-likeness (QED) is 0.544. The van der Waals surface area contributed by atoms with Gasteiger partial charge in [-0.3, -0.25) is 0 Å². The maximum Gasteiger partial charge on any atom is 0.343 e. The first-order valence-electron chi connectivity index (χ1n) is 3.24. The Morgan fingerprint density at radius 2 is 2.50 bits per heavy atom. The third kappa shape index (κ3) is 0.815. The number of rotatable bonds is 1. The third-order valence-electron chi connectivity index (χ3n) is 1.49. The predicted molar refractivity (Wildman–Crippen MR) is 36.5 cm³/mol. The van der Waals surface area contributed by atoms with E-state index in [4.69, 9.17) is 5.11 Å². The summed E-state index contributed by atoms with van der Waals surface area (Å²) in [6.07, 6.45) is 1.64. The van der Waals surface area contributed by atoms with E-state index in [9.17, 15) is 4.79 Å². The lowest BCUT2D eigenvalue weighted by Crippen LogP contribution is -2.24. The normalized spacial score (nSPS) is 10.3. The number of tetrazole rings is 1. The molecule has 0 aliphatic heterocycles. The SMILES string of the molecule is O=C(O)c1ccc[n+]2[nH]nnc12. The first-order chi connectivity index (χ1) is 5.79. The largest absolute Gasteiger partial charge is 0.477 e. The molecule has 2 aromatic rings. The Labute approximate surface area is 66.4 Å². The zero-order chi connectivity index (χ0) is 8.55. The molecule has 12 heavy (non-hydrogen) atoms. The monoisotopic (exact) mass is 165 g/mol. The van der Waals surface area contributed by atoms with Crippen molar-refractivity contribution in [2.45, 2.75) is 0 Å². The molecule has 0 saturated heterocycles. The molecule has 0 aliphatic carbocycles. The summed E-state index contributed by atoms with van der Waals surface area (Å²) in [6, 6.07) is 3.08. The number of carboxylic acid groups (broad SMARTS) is 1. The fourth-order valence-corrected chi connectivity index (χ4v) is 0.968. The molecule has 0 radical (unpaired) electrons. The summed E-state index contributed by atoms with van der Waals surface area (Å²) < 4.78 is 1.43. The van der Waals surface area contributed by atoms with Gasteiger partial charge in [0.2, 0.25) is 0 Å². The third-order valence-corrected chi connectivity index (χ3v) is 1.49. The summed E-state index contributed by atoms with van der Waals surface area (Å²) >= 11 is 0. The van der Waals surface area contributed by atoms with Crippen molar-refractivity contribution in [3.8, 4) is 0 Å². The second-order valence-corrected chi connectivity index (χ2v) is 2.22. The molecule has 2 N–H and O–H groups in total. The van der Waals surface area contributed by atoms with Crippen molar-refractivity contribution >= 4 is 11.6 Å². The number of fused-ring (bicyclic) bond motifs is 1. The van der Waals surface area contributed by atoms with E-state index in [1.165, 1.54) is 10.6 Å². The van der Waals surface area contributed by atoms with Crippen LogP contribution in [0.4, 0.5) is 0 Å². The lowest BCUT2D eigenvalue weighted by Gasteiger charge is -1.88. The predicted octanol–water partition coefficient (Wildman–Crippen LogP) is -0.758.